The van der Waals surface area contributed by atoms with E-state index in [1.54, 1.807) is 0 Å². The maximum absolute atomic E-state index is 12.6. The summed E-state index contributed by atoms with van der Waals surface area (Å²) in [5.41, 5.74) is 3.05. The van der Waals surface area contributed by atoms with Crippen LogP contribution in [0.3, 0.4) is 0 Å². The molecule has 0 radical (unpaired) electrons. The molecule has 6 nitrogen and oxygen atoms in total. The number of nitrogens with zero attached hydrogens (tertiary/aromatic N) is 2. The standard InChI is InChI=1S/C23H31N3O3S/c1-19(21-11-13-22(14-12-21)25-15-7-4-8-16-25)24-23(27)18-26(30(2,28)29)17-20-9-5-3-6-10-20/h3,5-6,9-14,19H,4,7-8,15-18H2,1-2H3,(H,24,27). The van der Waals surface area contributed by atoms with Crippen LogP contribution in [0.4, 0.5) is 5.69 Å². The van der Waals surface area contributed by atoms with Crippen molar-refractivity contribution < 1.29 is 13.2 Å². The normalized spacial score (nSPS) is 15.8. The summed E-state index contributed by atoms with van der Waals surface area (Å²) < 4.78 is 25.5. The molecule has 1 saturated heterocycles. The maximum Gasteiger partial charge on any atom is 0.235 e. The average Bonchev–Trinajstić information content (AvgIpc) is 2.74. The quantitative estimate of drug-likeness (QED) is 0.699. The lowest BCUT2D eigenvalue weighted by Gasteiger charge is -2.29. The van der Waals surface area contributed by atoms with Crippen LogP contribution < -0.4 is 10.2 Å². The predicted octanol–water partition coefficient (Wildman–Crippen LogP) is 3.32. The van der Waals surface area contributed by atoms with Gasteiger partial charge in [-0.1, -0.05) is 42.5 Å². The number of rotatable bonds is 8. The van der Waals surface area contributed by atoms with E-state index in [2.05, 4.69) is 22.3 Å². The summed E-state index contributed by atoms with van der Waals surface area (Å²) in [6.07, 6.45) is 4.89. The maximum atomic E-state index is 12.6. The minimum absolute atomic E-state index is 0.173. The highest BCUT2D eigenvalue weighted by atomic mass is 32.2. The van der Waals surface area contributed by atoms with Gasteiger partial charge in [-0.25, -0.2) is 8.42 Å². The van der Waals surface area contributed by atoms with Crippen LogP contribution in [-0.2, 0) is 21.4 Å². The van der Waals surface area contributed by atoms with Gasteiger partial charge >= 0.3 is 0 Å². The Morgan fingerprint density at radius 2 is 1.67 bits per heavy atom. The van der Waals surface area contributed by atoms with Gasteiger partial charge in [0.1, 0.15) is 0 Å². The Kier molecular flexibility index (Phi) is 7.50. The van der Waals surface area contributed by atoms with E-state index in [9.17, 15) is 13.2 Å². The first-order valence-electron chi connectivity index (χ1n) is 10.5. The van der Waals surface area contributed by atoms with Crippen molar-refractivity contribution >= 4 is 21.6 Å². The summed E-state index contributed by atoms with van der Waals surface area (Å²) in [5, 5.41) is 2.92. The van der Waals surface area contributed by atoms with Crippen molar-refractivity contribution in [2.75, 3.05) is 30.8 Å². The molecular weight excluding hydrogens is 398 g/mol. The van der Waals surface area contributed by atoms with Crippen LogP contribution in [0.2, 0.25) is 0 Å². The second-order valence-corrected chi connectivity index (χ2v) is 9.93. The fraction of sp³-hybridized carbons (Fsp3) is 0.435. The summed E-state index contributed by atoms with van der Waals surface area (Å²) in [6, 6.07) is 17.3. The molecule has 30 heavy (non-hydrogen) atoms. The van der Waals surface area contributed by atoms with Crippen LogP contribution in [0, 0.1) is 0 Å². The Balaban J connectivity index is 1.59. The third-order valence-corrected chi connectivity index (χ3v) is 6.68. The average molecular weight is 430 g/mol. The second-order valence-electron chi connectivity index (χ2n) is 7.95. The Labute approximate surface area is 179 Å². The summed E-state index contributed by atoms with van der Waals surface area (Å²) >= 11 is 0. The van der Waals surface area contributed by atoms with Gasteiger partial charge in [0.05, 0.1) is 18.8 Å². The summed E-state index contributed by atoms with van der Waals surface area (Å²) in [4.78, 5) is 15.0. The molecule has 1 aliphatic heterocycles. The molecule has 3 rings (SSSR count). The molecule has 1 N–H and O–H groups in total. The highest BCUT2D eigenvalue weighted by Gasteiger charge is 2.21. The minimum Gasteiger partial charge on any atom is -0.372 e. The Bertz CT molecular complexity index is 924. The highest BCUT2D eigenvalue weighted by Crippen LogP contribution is 2.22. The molecule has 2 aromatic carbocycles. The van der Waals surface area contributed by atoms with Crippen LogP contribution in [0.5, 0.6) is 0 Å². The Morgan fingerprint density at radius 1 is 1.03 bits per heavy atom. The van der Waals surface area contributed by atoms with Gasteiger partial charge in [0.25, 0.3) is 0 Å². The minimum atomic E-state index is -3.51. The van der Waals surface area contributed by atoms with E-state index < -0.39 is 10.0 Å². The number of anilines is 1. The first-order chi connectivity index (χ1) is 14.3. The van der Waals surface area contributed by atoms with Crippen LogP contribution in [-0.4, -0.2) is 44.5 Å². The zero-order valence-electron chi connectivity index (χ0n) is 17.8. The van der Waals surface area contributed by atoms with Crippen molar-refractivity contribution in [2.45, 2.75) is 38.8 Å². The van der Waals surface area contributed by atoms with E-state index in [4.69, 9.17) is 0 Å². The third-order valence-electron chi connectivity index (χ3n) is 5.48. The van der Waals surface area contributed by atoms with Crippen LogP contribution in [0.25, 0.3) is 0 Å². The van der Waals surface area contributed by atoms with Gasteiger partial charge in [0, 0.05) is 25.3 Å². The molecule has 2 aromatic rings. The molecule has 0 aromatic heterocycles. The summed E-state index contributed by atoms with van der Waals surface area (Å²) in [6.45, 7) is 4.06. The lowest BCUT2D eigenvalue weighted by atomic mass is 10.1. The molecule has 0 saturated carbocycles. The molecule has 1 amide bonds. The van der Waals surface area contributed by atoms with Crippen LogP contribution in [0.1, 0.15) is 43.4 Å². The van der Waals surface area contributed by atoms with Crippen LogP contribution >= 0.6 is 0 Å². The molecule has 7 heteroatoms. The molecule has 1 aliphatic rings. The van der Waals surface area contributed by atoms with Crippen molar-refractivity contribution in [3.63, 3.8) is 0 Å². The molecule has 0 spiro atoms. The van der Waals surface area contributed by atoms with E-state index in [0.717, 1.165) is 30.5 Å². The monoisotopic (exact) mass is 429 g/mol. The van der Waals surface area contributed by atoms with Crippen molar-refractivity contribution in [1.29, 1.82) is 0 Å². The van der Waals surface area contributed by atoms with Gasteiger partial charge in [-0.05, 0) is 49.4 Å². The third kappa shape index (κ3) is 6.31. The number of sulfonamides is 1. The molecular formula is C23H31N3O3S. The molecule has 1 unspecified atom stereocenters. The zero-order valence-corrected chi connectivity index (χ0v) is 18.6. The lowest BCUT2D eigenvalue weighted by molar-refractivity contribution is -0.122. The van der Waals surface area contributed by atoms with E-state index in [-0.39, 0.29) is 25.0 Å². The molecule has 1 atom stereocenters. The Hall–Kier alpha value is -2.38. The number of benzene rings is 2. The van der Waals surface area contributed by atoms with Crippen LogP contribution in [0.15, 0.2) is 54.6 Å². The number of hydrogen-bond acceptors (Lipinski definition) is 4. The fourth-order valence-corrected chi connectivity index (χ4v) is 4.47. The first-order valence-corrected chi connectivity index (χ1v) is 12.3. The second kappa shape index (κ2) is 10.1. The molecule has 162 valence electrons. The van der Waals surface area contributed by atoms with Gasteiger partial charge in [-0.2, -0.15) is 4.31 Å². The Morgan fingerprint density at radius 3 is 2.27 bits per heavy atom. The number of carbonyl (C=O) groups is 1. The van der Waals surface area contributed by atoms with Gasteiger partial charge in [-0.15, -0.1) is 0 Å². The van der Waals surface area contributed by atoms with Gasteiger partial charge in [0.15, 0.2) is 0 Å². The van der Waals surface area contributed by atoms with Gasteiger partial charge < -0.3 is 10.2 Å². The number of nitrogens with one attached hydrogen (secondary N) is 1. The SMILES string of the molecule is CC(NC(=O)CN(Cc1ccccc1)S(C)(=O)=O)c1ccc(N2CCCCC2)cc1. The zero-order chi connectivity index (χ0) is 21.6. The summed E-state index contributed by atoms with van der Waals surface area (Å²) in [7, 11) is -3.51. The first kappa shape index (κ1) is 22.3. The number of piperidine rings is 1. The number of carbonyl (C=O) groups excluding carboxylic acids is 1. The van der Waals surface area contributed by atoms with Gasteiger partial charge in [0.2, 0.25) is 15.9 Å². The van der Waals surface area contributed by atoms with Crippen molar-refractivity contribution in [2.24, 2.45) is 0 Å². The van der Waals surface area contributed by atoms with Crippen molar-refractivity contribution in [3.05, 3.63) is 65.7 Å². The molecule has 1 fully saturated rings. The number of hydrogen-bond donors (Lipinski definition) is 1. The van der Waals surface area contributed by atoms with E-state index in [1.165, 1.54) is 29.3 Å². The number of amides is 1. The van der Waals surface area contributed by atoms with E-state index in [0.29, 0.717) is 0 Å². The largest absolute Gasteiger partial charge is 0.372 e. The van der Waals surface area contributed by atoms with Crippen molar-refractivity contribution in [3.8, 4) is 0 Å². The topological polar surface area (TPSA) is 69.7 Å². The smallest absolute Gasteiger partial charge is 0.235 e. The van der Waals surface area contributed by atoms with E-state index in [1.807, 2.05) is 49.4 Å². The predicted molar refractivity (Wildman–Crippen MR) is 121 cm³/mol. The highest BCUT2D eigenvalue weighted by molar-refractivity contribution is 7.88. The summed E-state index contributed by atoms with van der Waals surface area (Å²) in [5.74, 6) is -0.316. The fourth-order valence-electron chi connectivity index (χ4n) is 3.73. The molecule has 1 heterocycles. The lowest BCUT2D eigenvalue weighted by Crippen LogP contribution is -2.40. The van der Waals surface area contributed by atoms with E-state index >= 15 is 0 Å². The molecule has 0 aliphatic carbocycles. The van der Waals surface area contributed by atoms with Gasteiger partial charge in [-0.3, -0.25) is 4.79 Å². The molecule has 0 bridgehead atoms. The van der Waals surface area contributed by atoms with Crippen molar-refractivity contribution in [1.82, 2.24) is 9.62 Å².